The molecule has 7 heavy (non-hydrogen) atoms. The molecule has 2 radical (unpaired) electrons. The van der Waals surface area contributed by atoms with E-state index in [-0.39, 0.29) is 97.1 Å². The van der Waals surface area contributed by atoms with Crippen molar-refractivity contribution in [3.8, 4) is 0 Å². The Labute approximate surface area is 95.8 Å². The molecule has 0 aromatic rings. The van der Waals surface area contributed by atoms with E-state index in [4.69, 9.17) is 0 Å². The summed E-state index contributed by atoms with van der Waals surface area (Å²) in [6.45, 7) is 0. The van der Waals surface area contributed by atoms with E-state index in [1.54, 1.807) is 0 Å². The number of rotatable bonds is 0. The molecule has 46 valence electrons. The average molecular weight is 420 g/mol. The Kier molecular flexibility index (Phi) is 1360. The molecular formula is H10O4PbTiZr. The van der Waals surface area contributed by atoms with Crippen LogP contribution in [0.15, 0.2) is 0 Å². The predicted octanol–water partition coefficient (Wildman–Crippen LogP) is -4.22. The second-order valence-corrected chi connectivity index (χ2v) is 0. The van der Waals surface area contributed by atoms with Gasteiger partial charge < -0.3 is 21.9 Å². The van der Waals surface area contributed by atoms with E-state index in [0.717, 1.165) is 0 Å². The van der Waals surface area contributed by atoms with Gasteiger partial charge >= 0.3 is 27.3 Å². The molecule has 7 heteroatoms. The van der Waals surface area contributed by atoms with E-state index < -0.39 is 0 Å². The summed E-state index contributed by atoms with van der Waals surface area (Å²) in [6, 6.07) is 0. The summed E-state index contributed by atoms with van der Waals surface area (Å²) < 4.78 is 0. The van der Waals surface area contributed by atoms with E-state index in [0.29, 0.717) is 0 Å². The largest absolute Gasteiger partial charge is 0 e. The predicted molar refractivity (Wildman–Crippen MR) is 23.0 cm³/mol. The molecule has 0 saturated heterocycles. The van der Waals surface area contributed by atoms with Crippen LogP contribution in [0.4, 0.5) is 0 Å². The first kappa shape index (κ1) is 117. The van der Waals surface area contributed by atoms with Gasteiger partial charge in [0.15, 0.2) is 0 Å². The van der Waals surface area contributed by atoms with Crippen molar-refractivity contribution >= 4 is 27.3 Å². The fourth-order valence-corrected chi connectivity index (χ4v) is 0. The van der Waals surface area contributed by atoms with Crippen molar-refractivity contribution in [3.63, 3.8) is 0 Å². The van der Waals surface area contributed by atoms with Crippen molar-refractivity contribution in [1.82, 2.24) is 0 Å². The third-order valence-electron chi connectivity index (χ3n) is 0. The molecule has 0 fully saturated rings. The summed E-state index contributed by atoms with van der Waals surface area (Å²) in [5.41, 5.74) is 0. The van der Waals surface area contributed by atoms with Crippen molar-refractivity contribution < 1.29 is 69.8 Å². The van der Waals surface area contributed by atoms with Gasteiger partial charge in [0.1, 0.15) is 0 Å². The molecule has 0 aliphatic heterocycles. The Morgan fingerprint density at radius 2 is 0.571 bits per heavy atom. The van der Waals surface area contributed by atoms with Gasteiger partial charge in [0.05, 0.1) is 0 Å². The summed E-state index contributed by atoms with van der Waals surface area (Å²) in [7, 11) is 0. The topological polar surface area (TPSA) is 126 Å². The fraction of sp³-hybridized carbons (Fsp3) is 0. The quantitative estimate of drug-likeness (QED) is 0.352. The van der Waals surface area contributed by atoms with Gasteiger partial charge in [0, 0.05) is 47.9 Å². The first-order chi connectivity index (χ1) is 0. The minimum atomic E-state index is 0. The van der Waals surface area contributed by atoms with Crippen LogP contribution in [0.2, 0.25) is 0 Å². The molecule has 0 spiro atoms. The first-order valence-electron chi connectivity index (χ1n) is 0. The average Bonchev–Trinajstić information content (AvgIpc) is 0. The molecule has 0 saturated carbocycles. The van der Waals surface area contributed by atoms with Gasteiger partial charge in [-0.1, -0.05) is 0 Å². The second-order valence-electron chi connectivity index (χ2n) is 0. The van der Waals surface area contributed by atoms with Gasteiger partial charge in [-0.2, -0.15) is 0 Å². The Bertz CT molecular complexity index is 11.7. The van der Waals surface area contributed by atoms with Gasteiger partial charge in [-0.15, -0.1) is 0 Å². The Balaban J connectivity index is 0. The molecule has 8 N–H and O–H groups in total. The standard InChI is InChI=1S/4H2O.Pb.Ti.Zr.2H/h4*1H2;;;;;. The van der Waals surface area contributed by atoms with E-state index in [9.17, 15) is 0 Å². The Hall–Kier alpha value is 2.36. The monoisotopic (exact) mass is 420 g/mol. The molecule has 0 aliphatic rings. The van der Waals surface area contributed by atoms with Crippen LogP contribution in [0, 0.1) is 0 Å². The second kappa shape index (κ2) is 81.3. The van der Waals surface area contributed by atoms with E-state index in [1.165, 1.54) is 0 Å². The first-order valence-corrected chi connectivity index (χ1v) is 0. The minimum absolute atomic E-state index is 0. The summed E-state index contributed by atoms with van der Waals surface area (Å²) >= 11 is 0. The molecule has 0 heterocycles. The number of hydrogen-bond acceptors (Lipinski definition) is 0. The summed E-state index contributed by atoms with van der Waals surface area (Å²) in [5.74, 6) is 0. The molecule has 0 amide bonds. The maximum Gasteiger partial charge on any atom is 0 e. The van der Waals surface area contributed by atoms with Crippen molar-refractivity contribution in [2.24, 2.45) is 0 Å². The van der Waals surface area contributed by atoms with Crippen LogP contribution in [0.5, 0.6) is 0 Å². The molecule has 0 rings (SSSR count). The molecule has 0 atom stereocenters. The zero-order chi connectivity index (χ0) is 0. The molecule has 0 aromatic heterocycles. The van der Waals surface area contributed by atoms with Gasteiger partial charge in [-0.25, -0.2) is 0 Å². The van der Waals surface area contributed by atoms with Crippen LogP contribution in [-0.2, 0) is 47.9 Å². The minimum Gasteiger partial charge on any atom is 0 e. The maximum atomic E-state index is 0. The molecule has 0 bridgehead atoms. The van der Waals surface area contributed by atoms with Crippen molar-refractivity contribution in [2.45, 2.75) is 0 Å². The third-order valence-corrected chi connectivity index (χ3v) is 0. The summed E-state index contributed by atoms with van der Waals surface area (Å²) in [4.78, 5) is 0. The van der Waals surface area contributed by atoms with Crippen LogP contribution in [0.1, 0.15) is 0 Å². The van der Waals surface area contributed by atoms with Crippen LogP contribution >= 0.6 is 0 Å². The van der Waals surface area contributed by atoms with Crippen molar-refractivity contribution in [3.05, 3.63) is 0 Å². The van der Waals surface area contributed by atoms with E-state index in [1.807, 2.05) is 0 Å². The van der Waals surface area contributed by atoms with Crippen molar-refractivity contribution in [1.29, 1.82) is 0 Å². The summed E-state index contributed by atoms with van der Waals surface area (Å²) in [6.07, 6.45) is 0. The molecule has 0 aromatic carbocycles. The molecule has 0 aliphatic carbocycles. The van der Waals surface area contributed by atoms with Crippen LogP contribution in [0.3, 0.4) is 0 Å². The Morgan fingerprint density at radius 3 is 0.571 bits per heavy atom. The maximum absolute atomic E-state index is 0. The van der Waals surface area contributed by atoms with Gasteiger partial charge in [0.25, 0.3) is 0 Å². The third kappa shape index (κ3) is 60.7. The van der Waals surface area contributed by atoms with E-state index >= 15 is 0 Å². The zero-order valence-electron chi connectivity index (χ0n) is 3.71. The van der Waals surface area contributed by atoms with Gasteiger partial charge in [-0.05, 0) is 0 Å². The van der Waals surface area contributed by atoms with Gasteiger partial charge in [0.2, 0.25) is 0 Å². The Morgan fingerprint density at radius 1 is 0.571 bits per heavy atom. The smallest absolute Gasteiger partial charge is 0 e. The molecule has 4 nitrogen and oxygen atoms in total. The fourth-order valence-electron chi connectivity index (χ4n) is 0. The van der Waals surface area contributed by atoms with Crippen LogP contribution in [0.25, 0.3) is 0 Å². The van der Waals surface area contributed by atoms with Crippen LogP contribution < -0.4 is 0 Å². The molecule has 0 unspecified atom stereocenters. The normalized spacial score (nSPS) is 0. The van der Waals surface area contributed by atoms with Crippen LogP contribution in [-0.4, -0.2) is 49.2 Å². The van der Waals surface area contributed by atoms with E-state index in [2.05, 4.69) is 0 Å². The SMILES string of the molecule is O.O.O.O.[PbH2].[Ti].[Zr]. The van der Waals surface area contributed by atoms with Crippen molar-refractivity contribution in [2.75, 3.05) is 0 Å². The van der Waals surface area contributed by atoms with Gasteiger partial charge in [-0.3, -0.25) is 0 Å². The zero-order valence-corrected chi connectivity index (χ0v) is 13.2. The summed E-state index contributed by atoms with van der Waals surface area (Å²) in [5, 5.41) is 0. The number of hydrogen-bond donors (Lipinski definition) is 0. The molecular weight excluding hydrogens is 410 g/mol.